The summed E-state index contributed by atoms with van der Waals surface area (Å²) in [5, 5.41) is 0.583. The van der Waals surface area contributed by atoms with Gasteiger partial charge in [-0.2, -0.15) is 0 Å². The molecule has 0 fully saturated rings. The minimum Gasteiger partial charge on any atom is -0.489 e. The highest BCUT2D eigenvalue weighted by Gasteiger charge is 2.03. The number of halogens is 1. The zero-order chi connectivity index (χ0) is 16.1. The highest BCUT2D eigenvalue weighted by atomic mass is 35.5. The van der Waals surface area contributed by atoms with Crippen molar-refractivity contribution < 1.29 is 9.47 Å². The molecule has 3 aromatic rings. The number of nitrogen functional groups attached to an aromatic ring is 1. The molecule has 23 heavy (non-hydrogen) atoms. The van der Waals surface area contributed by atoms with Crippen LogP contribution in [0.5, 0.6) is 17.2 Å². The minimum atomic E-state index is 0.502. The summed E-state index contributed by atoms with van der Waals surface area (Å²) in [6, 6.07) is 22.6. The Morgan fingerprint density at radius 3 is 2.22 bits per heavy atom. The lowest BCUT2D eigenvalue weighted by molar-refractivity contribution is 0.306. The standard InChI is InChI=1S/C19H16ClNO2/c20-15-6-11-19(18(21)12-15)23-17-9-7-16(8-10-17)22-13-14-4-2-1-3-5-14/h1-12H,13,21H2. The second-order valence-corrected chi connectivity index (χ2v) is 5.47. The molecule has 3 aromatic carbocycles. The van der Waals surface area contributed by atoms with Crippen molar-refractivity contribution in [1.82, 2.24) is 0 Å². The van der Waals surface area contributed by atoms with E-state index < -0.39 is 0 Å². The Kier molecular flexibility index (Phi) is 4.69. The lowest BCUT2D eigenvalue weighted by Gasteiger charge is -2.10. The van der Waals surface area contributed by atoms with Crippen molar-refractivity contribution >= 4 is 17.3 Å². The molecule has 0 radical (unpaired) electrons. The summed E-state index contributed by atoms with van der Waals surface area (Å²) in [4.78, 5) is 0. The molecular formula is C19H16ClNO2. The van der Waals surface area contributed by atoms with Crippen molar-refractivity contribution in [3.63, 3.8) is 0 Å². The third kappa shape index (κ3) is 4.18. The van der Waals surface area contributed by atoms with Crippen LogP contribution >= 0.6 is 11.6 Å². The van der Waals surface area contributed by atoms with E-state index in [1.54, 1.807) is 18.2 Å². The van der Waals surface area contributed by atoms with Gasteiger partial charge in [-0.3, -0.25) is 0 Å². The van der Waals surface area contributed by atoms with Gasteiger partial charge in [0.05, 0.1) is 5.69 Å². The van der Waals surface area contributed by atoms with E-state index in [1.807, 2.05) is 54.6 Å². The molecule has 0 aliphatic carbocycles. The van der Waals surface area contributed by atoms with Crippen LogP contribution in [0.3, 0.4) is 0 Å². The fourth-order valence-corrected chi connectivity index (χ4v) is 2.26. The highest BCUT2D eigenvalue weighted by molar-refractivity contribution is 6.30. The molecule has 0 aromatic heterocycles. The summed E-state index contributed by atoms with van der Waals surface area (Å²) < 4.78 is 11.5. The van der Waals surface area contributed by atoms with Crippen molar-refractivity contribution in [2.24, 2.45) is 0 Å². The van der Waals surface area contributed by atoms with Gasteiger partial charge in [0.15, 0.2) is 0 Å². The highest BCUT2D eigenvalue weighted by Crippen LogP contribution is 2.30. The summed E-state index contributed by atoms with van der Waals surface area (Å²) in [6.45, 7) is 0.533. The number of rotatable bonds is 5. The molecule has 0 amide bonds. The van der Waals surface area contributed by atoms with Crippen LogP contribution in [-0.2, 0) is 6.61 Å². The van der Waals surface area contributed by atoms with Gasteiger partial charge in [0.25, 0.3) is 0 Å². The SMILES string of the molecule is Nc1cc(Cl)ccc1Oc1ccc(OCc2ccccc2)cc1. The Bertz CT molecular complexity index is 773. The van der Waals surface area contributed by atoms with Crippen molar-refractivity contribution in [2.75, 3.05) is 5.73 Å². The van der Waals surface area contributed by atoms with E-state index in [0.717, 1.165) is 11.3 Å². The quantitative estimate of drug-likeness (QED) is 0.648. The van der Waals surface area contributed by atoms with Crippen LogP contribution in [0.25, 0.3) is 0 Å². The molecule has 3 nitrogen and oxygen atoms in total. The maximum Gasteiger partial charge on any atom is 0.150 e. The van der Waals surface area contributed by atoms with Crippen LogP contribution in [-0.4, -0.2) is 0 Å². The molecule has 0 saturated carbocycles. The predicted octanol–water partition coefficient (Wildman–Crippen LogP) is 5.29. The van der Waals surface area contributed by atoms with Gasteiger partial charge in [0, 0.05) is 5.02 Å². The summed E-state index contributed by atoms with van der Waals surface area (Å²) in [6.07, 6.45) is 0. The van der Waals surface area contributed by atoms with Gasteiger partial charge in [-0.1, -0.05) is 41.9 Å². The van der Waals surface area contributed by atoms with E-state index in [-0.39, 0.29) is 0 Å². The number of anilines is 1. The average Bonchev–Trinajstić information content (AvgIpc) is 2.58. The molecule has 4 heteroatoms. The Morgan fingerprint density at radius 1 is 0.826 bits per heavy atom. The number of benzene rings is 3. The second kappa shape index (κ2) is 7.07. The zero-order valence-corrected chi connectivity index (χ0v) is 13.2. The molecule has 0 aliphatic heterocycles. The van der Waals surface area contributed by atoms with E-state index in [4.69, 9.17) is 26.8 Å². The maximum atomic E-state index is 5.88. The molecule has 0 aliphatic rings. The Hall–Kier alpha value is -2.65. The second-order valence-electron chi connectivity index (χ2n) is 5.03. The zero-order valence-electron chi connectivity index (χ0n) is 12.4. The molecule has 0 bridgehead atoms. The molecular weight excluding hydrogens is 310 g/mol. The molecule has 0 heterocycles. The molecule has 0 saturated heterocycles. The van der Waals surface area contributed by atoms with Crippen molar-refractivity contribution in [2.45, 2.75) is 6.61 Å². The van der Waals surface area contributed by atoms with E-state index in [2.05, 4.69) is 0 Å². The van der Waals surface area contributed by atoms with Crippen LogP contribution < -0.4 is 15.2 Å². The van der Waals surface area contributed by atoms with Crippen molar-refractivity contribution in [1.29, 1.82) is 0 Å². The lowest BCUT2D eigenvalue weighted by atomic mass is 10.2. The number of nitrogens with two attached hydrogens (primary N) is 1. The molecule has 0 unspecified atom stereocenters. The normalized spacial score (nSPS) is 10.3. The molecule has 0 atom stereocenters. The molecule has 0 spiro atoms. The molecule has 116 valence electrons. The topological polar surface area (TPSA) is 44.5 Å². The number of ether oxygens (including phenoxy) is 2. The van der Waals surface area contributed by atoms with Gasteiger partial charge in [-0.05, 0) is 48.0 Å². The Balaban J connectivity index is 1.63. The Labute approximate surface area is 140 Å². The van der Waals surface area contributed by atoms with Crippen molar-refractivity contribution in [3.8, 4) is 17.2 Å². The van der Waals surface area contributed by atoms with E-state index in [0.29, 0.717) is 28.8 Å². The minimum absolute atomic E-state index is 0.502. The molecule has 2 N–H and O–H groups in total. The van der Waals surface area contributed by atoms with Gasteiger partial charge in [-0.15, -0.1) is 0 Å². The first-order chi connectivity index (χ1) is 11.2. The smallest absolute Gasteiger partial charge is 0.150 e. The fourth-order valence-electron chi connectivity index (χ4n) is 2.08. The van der Waals surface area contributed by atoms with Gasteiger partial charge >= 0.3 is 0 Å². The van der Waals surface area contributed by atoms with Gasteiger partial charge in [0.2, 0.25) is 0 Å². The van der Waals surface area contributed by atoms with Crippen LogP contribution in [0.4, 0.5) is 5.69 Å². The van der Waals surface area contributed by atoms with E-state index >= 15 is 0 Å². The van der Waals surface area contributed by atoms with Crippen molar-refractivity contribution in [3.05, 3.63) is 83.4 Å². The number of hydrogen-bond acceptors (Lipinski definition) is 3. The summed E-state index contributed by atoms with van der Waals surface area (Å²) in [5.74, 6) is 2.05. The van der Waals surface area contributed by atoms with E-state index in [9.17, 15) is 0 Å². The van der Waals surface area contributed by atoms with Crippen LogP contribution in [0, 0.1) is 0 Å². The predicted molar refractivity (Wildman–Crippen MR) is 93.2 cm³/mol. The van der Waals surface area contributed by atoms with Crippen LogP contribution in [0.15, 0.2) is 72.8 Å². The largest absolute Gasteiger partial charge is 0.489 e. The Morgan fingerprint density at radius 2 is 1.52 bits per heavy atom. The summed E-state index contributed by atoms with van der Waals surface area (Å²) >= 11 is 5.87. The third-order valence-corrected chi connectivity index (χ3v) is 3.51. The first kappa shape index (κ1) is 15.3. The monoisotopic (exact) mass is 325 g/mol. The van der Waals surface area contributed by atoms with Gasteiger partial charge in [0.1, 0.15) is 23.9 Å². The third-order valence-electron chi connectivity index (χ3n) is 3.27. The van der Waals surface area contributed by atoms with Crippen LogP contribution in [0.1, 0.15) is 5.56 Å². The van der Waals surface area contributed by atoms with E-state index in [1.165, 1.54) is 0 Å². The summed E-state index contributed by atoms with van der Waals surface area (Å²) in [7, 11) is 0. The average molecular weight is 326 g/mol. The first-order valence-corrected chi connectivity index (χ1v) is 7.58. The first-order valence-electron chi connectivity index (χ1n) is 7.20. The summed E-state index contributed by atoms with van der Waals surface area (Å²) in [5.41, 5.74) is 7.51. The van der Waals surface area contributed by atoms with Gasteiger partial charge < -0.3 is 15.2 Å². The lowest BCUT2D eigenvalue weighted by Crippen LogP contribution is -1.95. The fraction of sp³-hybridized carbons (Fsp3) is 0.0526. The maximum absolute atomic E-state index is 5.88. The number of hydrogen-bond donors (Lipinski definition) is 1. The van der Waals surface area contributed by atoms with Gasteiger partial charge in [-0.25, -0.2) is 0 Å². The van der Waals surface area contributed by atoms with Crippen LogP contribution in [0.2, 0.25) is 5.02 Å². The molecule has 3 rings (SSSR count).